The van der Waals surface area contributed by atoms with Gasteiger partial charge in [0, 0.05) is 30.6 Å². The van der Waals surface area contributed by atoms with E-state index < -0.39 is 0 Å². The van der Waals surface area contributed by atoms with Gasteiger partial charge in [-0.05, 0) is 37.6 Å². The molecule has 1 aromatic carbocycles. The quantitative estimate of drug-likeness (QED) is 0.502. The lowest BCUT2D eigenvalue weighted by Gasteiger charge is -2.07. The van der Waals surface area contributed by atoms with Gasteiger partial charge in [-0.15, -0.1) is 10.2 Å². The molecule has 1 amide bonds. The number of H-pyrrole nitrogens is 1. The van der Waals surface area contributed by atoms with Crippen molar-refractivity contribution in [3.63, 3.8) is 0 Å². The predicted molar refractivity (Wildman–Crippen MR) is 97.5 cm³/mol. The minimum atomic E-state index is -0.0788. The molecule has 0 radical (unpaired) electrons. The van der Waals surface area contributed by atoms with Crippen LogP contribution in [-0.2, 0) is 6.54 Å². The zero-order valence-electron chi connectivity index (χ0n) is 14.2. The Bertz CT molecular complexity index is 825. The number of hydrogen-bond acceptors (Lipinski definition) is 5. The number of aryl methyl sites for hydroxylation is 1. The summed E-state index contributed by atoms with van der Waals surface area (Å²) in [4.78, 5) is 12.2. The van der Waals surface area contributed by atoms with Gasteiger partial charge in [-0.25, -0.2) is 0 Å². The van der Waals surface area contributed by atoms with Crippen LogP contribution in [0.5, 0.6) is 0 Å². The largest absolute Gasteiger partial charge is 0.351 e. The second-order valence-corrected chi connectivity index (χ2v) is 6.49. The maximum absolute atomic E-state index is 12.2. The maximum atomic E-state index is 12.2. The summed E-state index contributed by atoms with van der Waals surface area (Å²) in [5.74, 6) is 1.58. The summed E-state index contributed by atoms with van der Waals surface area (Å²) in [6.07, 6.45) is 1.70. The van der Waals surface area contributed by atoms with Crippen molar-refractivity contribution >= 4 is 17.7 Å². The molecule has 2 aromatic heterocycles. The fraction of sp³-hybridized carbons (Fsp3) is 0.294. The molecule has 3 rings (SSSR count). The molecule has 2 N–H and O–H groups in total. The Labute approximate surface area is 150 Å². The number of nitrogens with zero attached hydrogens (tertiary/aromatic N) is 4. The first-order valence-corrected chi connectivity index (χ1v) is 9.08. The molecule has 25 heavy (non-hydrogen) atoms. The number of aromatic nitrogens is 5. The molecule has 0 aliphatic rings. The molecule has 0 fully saturated rings. The van der Waals surface area contributed by atoms with Gasteiger partial charge in [-0.2, -0.15) is 5.10 Å². The second-order valence-electron chi connectivity index (χ2n) is 5.43. The van der Waals surface area contributed by atoms with Crippen LogP contribution in [-0.4, -0.2) is 43.2 Å². The highest BCUT2D eigenvalue weighted by atomic mass is 32.2. The van der Waals surface area contributed by atoms with E-state index >= 15 is 0 Å². The minimum Gasteiger partial charge on any atom is -0.351 e. The van der Waals surface area contributed by atoms with E-state index in [0.29, 0.717) is 12.1 Å². The number of rotatable bonds is 7. The summed E-state index contributed by atoms with van der Waals surface area (Å²) in [5, 5.41) is 18.9. The Morgan fingerprint density at radius 2 is 2.04 bits per heavy atom. The van der Waals surface area contributed by atoms with Crippen LogP contribution < -0.4 is 5.32 Å². The topological polar surface area (TPSA) is 88.5 Å². The van der Waals surface area contributed by atoms with Crippen LogP contribution in [0.2, 0.25) is 0 Å². The molecule has 0 saturated heterocycles. The number of carbonyl (C=O) groups excluding carboxylic acids is 1. The molecule has 0 aliphatic carbocycles. The molecule has 0 aliphatic heterocycles. The summed E-state index contributed by atoms with van der Waals surface area (Å²) >= 11 is 1.59. The average Bonchev–Trinajstić information content (AvgIpc) is 3.28. The fourth-order valence-electron chi connectivity index (χ4n) is 2.46. The van der Waals surface area contributed by atoms with Crippen LogP contribution in [0.25, 0.3) is 11.3 Å². The highest BCUT2D eigenvalue weighted by Gasteiger charge is 2.09. The number of carbonyl (C=O) groups is 1. The molecule has 3 aromatic rings. The van der Waals surface area contributed by atoms with E-state index in [-0.39, 0.29) is 5.91 Å². The smallest absolute Gasteiger partial charge is 0.251 e. The van der Waals surface area contributed by atoms with E-state index in [1.807, 2.05) is 37.3 Å². The first-order chi connectivity index (χ1) is 12.2. The van der Waals surface area contributed by atoms with E-state index in [9.17, 15) is 4.79 Å². The Morgan fingerprint density at radius 1 is 1.24 bits per heavy atom. The van der Waals surface area contributed by atoms with Crippen LogP contribution in [0, 0.1) is 6.92 Å². The zero-order chi connectivity index (χ0) is 17.6. The molecule has 0 atom stereocenters. The number of hydrogen-bond donors (Lipinski definition) is 2. The van der Waals surface area contributed by atoms with Gasteiger partial charge in [-0.1, -0.05) is 23.9 Å². The number of nitrogens with one attached hydrogen (secondary N) is 2. The van der Waals surface area contributed by atoms with E-state index in [2.05, 4.69) is 37.2 Å². The van der Waals surface area contributed by atoms with Gasteiger partial charge in [0.1, 0.15) is 5.82 Å². The second kappa shape index (κ2) is 7.98. The SMILES string of the molecule is CCn1c(C)nnc1SCCNC(=O)c1ccc(-c2ccn[nH]2)cc1. The molecule has 0 unspecified atom stereocenters. The third kappa shape index (κ3) is 4.08. The van der Waals surface area contributed by atoms with Gasteiger partial charge < -0.3 is 9.88 Å². The first kappa shape index (κ1) is 17.2. The average molecular weight is 356 g/mol. The summed E-state index contributed by atoms with van der Waals surface area (Å²) < 4.78 is 2.06. The van der Waals surface area contributed by atoms with Gasteiger partial charge in [0.25, 0.3) is 5.91 Å². The highest BCUT2D eigenvalue weighted by Crippen LogP contribution is 2.17. The molecule has 0 spiro atoms. The monoisotopic (exact) mass is 356 g/mol. The van der Waals surface area contributed by atoms with Crippen molar-refractivity contribution in [3.05, 3.63) is 47.9 Å². The Balaban J connectivity index is 1.49. The summed E-state index contributed by atoms with van der Waals surface area (Å²) in [6, 6.07) is 9.34. The van der Waals surface area contributed by atoms with Crippen molar-refractivity contribution in [3.8, 4) is 11.3 Å². The van der Waals surface area contributed by atoms with E-state index in [4.69, 9.17) is 0 Å². The molecule has 2 heterocycles. The highest BCUT2D eigenvalue weighted by molar-refractivity contribution is 7.99. The van der Waals surface area contributed by atoms with E-state index in [1.165, 1.54) is 0 Å². The molecule has 8 heteroatoms. The normalized spacial score (nSPS) is 10.8. The molecule has 7 nitrogen and oxygen atoms in total. The molecule has 130 valence electrons. The predicted octanol–water partition coefficient (Wildman–Crippen LogP) is 2.52. The third-order valence-electron chi connectivity index (χ3n) is 3.80. The van der Waals surface area contributed by atoms with E-state index in [0.717, 1.165) is 34.5 Å². The summed E-state index contributed by atoms with van der Waals surface area (Å²) in [6.45, 7) is 5.42. The summed E-state index contributed by atoms with van der Waals surface area (Å²) in [5.41, 5.74) is 2.57. The number of amides is 1. The van der Waals surface area contributed by atoms with Gasteiger partial charge in [0.05, 0.1) is 5.69 Å². The maximum Gasteiger partial charge on any atom is 0.251 e. The van der Waals surface area contributed by atoms with Crippen molar-refractivity contribution < 1.29 is 4.79 Å². The van der Waals surface area contributed by atoms with Gasteiger partial charge >= 0.3 is 0 Å². The van der Waals surface area contributed by atoms with Crippen molar-refractivity contribution in [2.24, 2.45) is 0 Å². The standard InChI is InChI=1S/C17H20N6OS/c1-3-23-12(2)20-22-17(23)25-11-10-18-16(24)14-6-4-13(5-7-14)15-8-9-19-21-15/h4-9H,3,10-11H2,1-2H3,(H,18,24)(H,19,21). The van der Waals surface area contributed by atoms with Gasteiger partial charge in [0.15, 0.2) is 5.16 Å². The van der Waals surface area contributed by atoms with Crippen LogP contribution in [0.3, 0.4) is 0 Å². The van der Waals surface area contributed by atoms with Gasteiger partial charge in [0.2, 0.25) is 0 Å². The summed E-state index contributed by atoms with van der Waals surface area (Å²) in [7, 11) is 0. The zero-order valence-corrected chi connectivity index (χ0v) is 15.0. The number of aromatic amines is 1. The van der Waals surface area contributed by atoms with Crippen molar-refractivity contribution in [2.75, 3.05) is 12.3 Å². The molecule has 0 bridgehead atoms. The number of thioether (sulfide) groups is 1. The lowest BCUT2D eigenvalue weighted by molar-refractivity contribution is 0.0956. The fourth-order valence-corrected chi connectivity index (χ4v) is 3.36. The lowest BCUT2D eigenvalue weighted by Crippen LogP contribution is -2.25. The number of benzene rings is 1. The lowest BCUT2D eigenvalue weighted by atomic mass is 10.1. The van der Waals surface area contributed by atoms with E-state index in [1.54, 1.807) is 18.0 Å². The molecular weight excluding hydrogens is 336 g/mol. The minimum absolute atomic E-state index is 0.0788. The van der Waals surface area contributed by atoms with Crippen molar-refractivity contribution in [2.45, 2.75) is 25.5 Å². The van der Waals surface area contributed by atoms with Crippen LogP contribution in [0.15, 0.2) is 41.7 Å². The van der Waals surface area contributed by atoms with Crippen molar-refractivity contribution in [1.29, 1.82) is 0 Å². The molecule has 0 saturated carbocycles. The third-order valence-corrected chi connectivity index (χ3v) is 4.76. The first-order valence-electron chi connectivity index (χ1n) is 8.09. The van der Waals surface area contributed by atoms with Crippen LogP contribution >= 0.6 is 11.8 Å². The Kier molecular flexibility index (Phi) is 5.49. The van der Waals surface area contributed by atoms with Gasteiger partial charge in [-0.3, -0.25) is 9.89 Å². The van der Waals surface area contributed by atoms with Crippen molar-refractivity contribution in [1.82, 2.24) is 30.3 Å². The Morgan fingerprint density at radius 3 is 2.72 bits per heavy atom. The van der Waals surface area contributed by atoms with Crippen LogP contribution in [0.1, 0.15) is 23.1 Å². The van der Waals surface area contributed by atoms with Crippen LogP contribution in [0.4, 0.5) is 0 Å². The Hall–Kier alpha value is -2.61. The molecular formula is C17H20N6OS.